The van der Waals surface area contributed by atoms with Gasteiger partial charge in [0.05, 0.1) is 43.5 Å². The zero-order valence-corrected chi connectivity index (χ0v) is 23.0. The van der Waals surface area contributed by atoms with E-state index < -0.39 is 17.8 Å². The number of aryl methyl sites for hydroxylation is 2. The molecule has 1 N–H and O–H groups in total. The molecule has 212 valence electrons. The Labute approximate surface area is 233 Å². The van der Waals surface area contributed by atoms with Crippen LogP contribution in [-0.4, -0.2) is 44.5 Å². The molecule has 12 heteroatoms. The molecule has 0 unspecified atom stereocenters. The van der Waals surface area contributed by atoms with Gasteiger partial charge in [-0.25, -0.2) is 9.50 Å². The van der Waals surface area contributed by atoms with E-state index in [1.807, 2.05) is 38.1 Å². The number of halogens is 3. The van der Waals surface area contributed by atoms with E-state index in [1.165, 1.54) is 26.4 Å². The van der Waals surface area contributed by atoms with Crippen LogP contribution in [0.4, 0.5) is 18.9 Å². The fraction of sp³-hybridized carbons (Fsp3) is 0.241. The van der Waals surface area contributed by atoms with Gasteiger partial charge >= 0.3 is 6.18 Å². The molecule has 5 aromatic rings. The minimum absolute atomic E-state index is 0.0294. The van der Waals surface area contributed by atoms with E-state index in [9.17, 15) is 18.0 Å². The summed E-state index contributed by atoms with van der Waals surface area (Å²) in [5.41, 5.74) is 2.87. The van der Waals surface area contributed by atoms with Crippen molar-refractivity contribution in [2.75, 3.05) is 19.5 Å². The average Bonchev–Trinajstić information content (AvgIpc) is 3.49. The first-order valence-corrected chi connectivity index (χ1v) is 12.6. The Balaban J connectivity index is 1.49. The van der Waals surface area contributed by atoms with Gasteiger partial charge in [-0.2, -0.15) is 23.4 Å². The Kier molecular flexibility index (Phi) is 7.16. The van der Waals surface area contributed by atoms with Crippen molar-refractivity contribution >= 4 is 17.2 Å². The lowest BCUT2D eigenvalue weighted by Gasteiger charge is -2.12. The smallest absolute Gasteiger partial charge is 0.433 e. The number of carbonyl (C=O) groups is 1. The number of rotatable bonds is 7. The van der Waals surface area contributed by atoms with Crippen LogP contribution in [0.15, 0.2) is 54.6 Å². The zero-order chi connectivity index (χ0) is 29.5. The predicted molar refractivity (Wildman–Crippen MR) is 146 cm³/mol. The number of amides is 1. The molecule has 0 saturated heterocycles. The summed E-state index contributed by atoms with van der Waals surface area (Å²) in [5.74, 6) is 0.0734. The summed E-state index contributed by atoms with van der Waals surface area (Å²) in [6.07, 6.45) is -4.77. The number of hydrogen-bond donors (Lipinski definition) is 1. The third-order valence-electron chi connectivity index (χ3n) is 6.70. The van der Waals surface area contributed by atoms with Gasteiger partial charge < -0.3 is 14.8 Å². The van der Waals surface area contributed by atoms with Gasteiger partial charge in [0.25, 0.3) is 5.91 Å². The summed E-state index contributed by atoms with van der Waals surface area (Å²) in [6.45, 7) is 6.06. The van der Waals surface area contributed by atoms with E-state index in [0.29, 0.717) is 45.2 Å². The number of benzene rings is 2. The van der Waals surface area contributed by atoms with Crippen LogP contribution in [0.2, 0.25) is 0 Å². The first-order chi connectivity index (χ1) is 19.5. The third kappa shape index (κ3) is 5.45. The Morgan fingerprint density at radius 2 is 1.63 bits per heavy atom. The Bertz CT molecular complexity index is 1760. The highest BCUT2D eigenvalue weighted by Crippen LogP contribution is 2.35. The number of nitrogens with one attached hydrogen (secondary N) is 1. The molecule has 0 radical (unpaired) electrons. The number of carbonyl (C=O) groups excluding carboxylic acids is 1. The van der Waals surface area contributed by atoms with Crippen molar-refractivity contribution in [3.05, 3.63) is 88.5 Å². The van der Waals surface area contributed by atoms with Crippen molar-refractivity contribution in [1.29, 1.82) is 0 Å². The van der Waals surface area contributed by atoms with Crippen LogP contribution in [0.5, 0.6) is 11.5 Å². The second-order valence-electron chi connectivity index (χ2n) is 9.54. The number of nitrogens with zero attached hydrogens (tertiary/aromatic N) is 5. The van der Waals surface area contributed by atoms with Crippen molar-refractivity contribution in [1.82, 2.24) is 24.4 Å². The fourth-order valence-corrected chi connectivity index (χ4v) is 4.51. The second-order valence-corrected chi connectivity index (χ2v) is 9.54. The molecule has 0 saturated carbocycles. The van der Waals surface area contributed by atoms with Crippen LogP contribution >= 0.6 is 0 Å². The van der Waals surface area contributed by atoms with E-state index in [-0.39, 0.29) is 17.0 Å². The van der Waals surface area contributed by atoms with Gasteiger partial charge in [-0.05, 0) is 50.6 Å². The molecular formula is C29H27F3N6O3. The van der Waals surface area contributed by atoms with Gasteiger partial charge in [-0.3, -0.25) is 9.48 Å². The van der Waals surface area contributed by atoms with Gasteiger partial charge in [0.15, 0.2) is 28.5 Å². The quantitative estimate of drug-likeness (QED) is 0.266. The molecule has 5 rings (SSSR count). The Morgan fingerprint density at radius 1 is 0.927 bits per heavy atom. The van der Waals surface area contributed by atoms with Gasteiger partial charge in [0, 0.05) is 11.6 Å². The molecule has 0 aliphatic rings. The Hall–Kier alpha value is -4.87. The summed E-state index contributed by atoms with van der Waals surface area (Å²) in [5, 5.41) is 11.3. The van der Waals surface area contributed by atoms with E-state index in [2.05, 4.69) is 20.5 Å². The summed E-state index contributed by atoms with van der Waals surface area (Å²) in [7, 11) is 2.89. The van der Waals surface area contributed by atoms with Crippen LogP contribution in [0.25, 0.3) is 16.9 Å². The summed E-state index contributed by atoms with van der Waals surface area (Å²) in [4.78, 5) is 17.6. The van der Waals surface area contributed by atoms with E-state index in [0.717, 1.165) is 17.2 Å². The van der Waals surface area contributed by atoms with Gasteiger partial charge in [-0.1, -0.05) is 29.8 Å². The molecule has 0 atom stereocenters. The van der Waals surface area contributed by atoms with Crippen molar-refractivity contribution in [2.24, 2.45) is 0 Å². The van der Waals surface area contributed by atoms with Gasteiger partial charge in [-0.15, -0.1) is 0 Å². The van der Waals surface area contributed by atoms with Crippen LogP contribution in [0.3, 0.4) is 0 Å². The molecule has 2 aromatic carbocycles. The van der Waals surface area contributed by atoms with E-state index in [4.69, 9.17) is 9.47 Å². The molecular weight excluding hydrogens is 537 g/mol. The highest BCUT2D eigenvalue weighted by Gasteiger charge is 2.36. The molecule has 0 bridgehead atoms. The molecule has 3 aromatic heterocycles. The normalized spacial score (nSPS) is 11.6. The predicted octanol–water partition coefficient (Wildman–Crippen LogP) is 5.85. The number of hydrogen-bond acceptors (Lipinski definition) is 6. The molecule has 0 spiro atoms. The highest BCUT2D eigenvalue weighted by molar-refractivity contribution is 6.04. The highest BCUT2D eigenvalue weighted by atomic mass is 19.4. The van der Waals surface area contributed by atoms with Crippen LogP contribution < -0.4 is 14.8 Å². The monoisotopic (exact) mass is 564 g/mol. The van der Waals surface area contributed by atoms with Crippen LogP contribution in [0, 0.1) is 20.8 Å². The zero-order valence-electron chi connectivity index (χ0n) is 23.0. The topological polar surface area (TPSA) is 95.6 Å². The summed E-state index contributed by atoms with van der Waals surface area (Å²) < 4.78 is 55.2. The third-order valence-corrected chi connectivity index (χ3v) is 6.70. The fourth-order valence-electron chi connectivity index (χ4n) is 4.51. The number of fused-ring (bicyclic) bond motifs is 1. The molecule has 0 aliphatic heterocycles. The van der Waals surface area contributed by atoms with Crippen LogP contribution in [-0.2, 0) is 12.7 Å². The molecule has 41 heavy (non-hydrogen) atoms. The van der Waals surface area contributed by atoms with Crippen molar-refractivity contribution in [3.63, 3.8) is 0 Å². The maximum atomic E-state index is 14.1. The van der Waals surface area contributed by atoms with Gasteiger partial charge in [0.1, 0.15) is 0 Å². The number of alkyl halides is 3. The molecule has 3 heterocycles. The standard InChI is InChI=1S/C29H27F3N6O3/c1-16-6-8-19(9-7-16)15-37-18(3)27(17(2)35-37)34-28(39)22-14-26-33-21(13-25(29(30,31)32)38(26)36-22)20-10-11-23(40-4)24(12-20)41-5/h6-14H,15H2,1-5H3,(H,34,39). The number of aromatic nitrogens is 5. The van der Waals surface area contributed by atoms with Crippen molar-refractivity contribution in [2.45, 2.75) is 33.5 Å². The number of anilines is 1. The minimum Gasteiger partial charge on any atom is -0.493 e. The van der Waals surface area contributed by atoms with E-state index in [1.54, 1.807) is 23.7 Å². The second kappa shape index (κ2) is 10.6. The van der Waals surface area contributed by atoms with Crippen molar-refractivity contribution in [3.8, 4) is 22.8 Å². The number of methoxy groups -OCH3 is 2. The first-order valence-electron chi connectivity index (χ1n) is 12.6. The maximum Gasteiger partial charge on any atom is 0.433 e. The Morgan fingerprint density at radius 3 is 2.29 bits per heavy atom. The number of ether oxygens (including phenoxy) is 2. The largest absolute Gasteiger partial charge is 0.493 e. The molecule has 9 nitrogen and oxygen atoms in total. The lowest BCUT2D eigenvalue weighted by atomic mass is 10.1. The minimum atomic E-state index is -4.77. The summed E-state index contributed by atoms with van der Waals surface area (Å²) >= 11 is 0. The van der Waals surface area contributed by atoms with Crippen molar-refractivity contribution < 1.29 is 27.4 Å². The molecule has 0 fully saturated rings. The van der Waals surface area contributed by atoms with Crippen LogP contribution in [0.1, 0.15) is 38.7 Å². The van der Waals surface area contributed by atoms with E-state index >= 15 is 0 Å². The lowest BCUT2D eigenvalue weighted by molar-refractivity contribution is -0.142. The average molecular weight is 565 g/mol. The maximum absolute atomic E-state index is 14.1. The molecule has 1 amide bonds. The first kappa shape index (κ1) is 27.7. The van der Waals surface area contributed by atoms with Gasteiger partial charge in [0.2, 0.25) is 0 Å². The SMILES string of the molecule is COc1ccc(-c2cc(C(F)(F)F)n3nc(C(=O)Nc4c(C)nn(Cc5ccc(C)cc5)c4C)cc3n2)cc1OC. The lowest BCUT2D eigenvalue weighted by Crippen LogP contribution is -2.16. The summed E-state index contributed by atoms with van der Waals surface area (Å²) in [6, 6.07) is 14.8. The molecule has 0 aliphatic carbocycles.